The van der Waals surface area contributed by atoms with Gasteiger partial charge in [0, 0.05) is 36.0 Å². The van der Waals surface area contributed by atoms with Gasteiger partial charge in [-0.15, -0.1) is 0 Å². The average molecular weight is 437 g/mol. The Morgan fingerprint density at radius 3 is 2.44 bits per heavy atom. The van der Waals surface area contributed by atoms with Crippen LogP contribution in [0.1, 0.15) is 30.3 Å². The van der Waals surface area contributed by atoms with Crippen LogP contribution in [0.25, 0.3) is 22.1 Å². The summed E-state index contributed by atoms with van der Waals surface area (Å²) in [5.74, 6) is 0.780. The van der Waals surface area contributed by atoms with Gasteiger partial charge in [0.15, 0.2) is 5.76 Å². The lowest BCUT2D eigenvalue weighted by Gasteiger charge is -2.44. The number of amides is 1. The van der Waals surface area contributed by atoms with Gasteiger partial charge in [-0.2, -0.15) is 0 Å². The summed E-state index contributed by atoms with van der Waals surface area (Å²) in [7, 11) is 1.66. The number of carboxylic acid groups (broad SMARTS) is 1. The maximum atomic E-state index is 12.9. The first-order valence-corrected chi connectivity index (χ1v) is 10.8. The van der Waals surface area contributed by atoms with E-state index in [4.69, 9.17) is 19.1 Å². The number of furan rings is 1. The number of benzene rings is 2. The van der Waals surface area contributed by atoms with Crippen LogP contribution < -0.4 is 10.1 Å². The van der Waals surface area contributed by atoms with Crippen LogP contribution in [0.4, 0.5) is 0 Å². The van der Waals surface area contributed by atoms with Gasteiger partial charge >= 0.3 is 0 Å². The fourth-order valence-corrected chi connectivity index (χ4v) is 4.62. The molecule has 0 aliphatic carbocycles. The molecule has 3 fully saturated rings. The average Bonchev–Trinajstić information content (AvgIpc) is 3.24. The summed E-state index contributed by atoms with van der Waals surface area (Å²) in [4.78, 5) is 24.3. The van der Waals surface area contributed by atoms with Crippen LogP contribution in [0, 0.1) is 5.92 Å². The van der Waals surface area contributed by atoms with E-state index in [1.54, 1.807) is 7.11 Å². The molecule has 0 saturated carbocycles. The first-order valence-electron chi connectivity index (χ1n) is 10.8. The maximum absolute atomic E-state index is 12.9. The van der Waals surface area contributed by atoms with E-state index in [1.807, 2.05) is 48.5 Å². The van der Waals surface area contributed by atoms with Gasteiger partial charge in [0.2, 0.25) is 0 Å². The number of carboxylic acids is 1. The topological polar surface area (TPSA) is 92.0 Å². The molecule has 1 amide bonds. The number of nitrogens with zero attached hydrogens (tertiary/aromatic N) is 1. The Morgan fingerprint density at radius 2 is 1.78 bits per heavy atom. The molecule has 7 heteroatoms. The number of para-hydroxylation sites is 2. The Morgan fingerprint density at radius 1 is 1.09 bits per heavy atom. The lowest BCUT2D eigenvalue weighted by Crippen LogP contribution is -2.57. The second kappa shape index (κ2) is 9.44. The van der Waals surface area contributed by atoms with E-state index in [-0.39, 0.29) is 11.9 Å². The van der Waals surface area contributed by atoms with Crippen LogP contribution in [0.3, 0.4) is 0 Å². The van der Waals surface area contributed by atoms with Crippen LogP contribution in [0.15, 0.2) is 52.9 Å². The van der Waals surface area contributed by atoms with E-state index >= 15 is 0 Å². The van der Waals surface area contributed by atoms with Crippen LogP contribution in [0.5, 0.6) is 5.75 Å². The molecule has 1 aromatic heterocycles. The van der Waals surface area contributed by atoms with Crippen molar-refractivity contribution in [1.82, 2.24) is 10.2 Å². The van der Waals surface area contributed by atoms with E-state index in [2.05, 4.69) is 10.2 Å². The highest BCUT2D eigenvalue weighted by molar-refractivity contribution is 6.00. The number of hydrogen-bond donors (Lipinski definition) is 2. The number of aliphatic carboxylic acids is 1. The van der Waals surface area contributed by atoms with E-state index in [1.165, 1.54) is 12.8 Å². The number of carbonyl (C=O) groups excluding carboxylic acids is 1. The number of fused-ring (bicyclic) bond motifs is 4. The van der Waals surface area contributed by atoms with Gasteiger partial charge in [-0.3, -0.25) is 9.59 Å². The lowest BCUT2D eigenvalue weighted by atomic mass is 9.84. The molecule has 3 aliphatic heterocycles. The minimum atomic E-state index is -0.833. The second-order valence-electron chi connectivity index (χ2n) is 8.27. The van der Waals surface area contributed by atoms with Gasteiger partial charge in [0.1, 0.15) is 11.3 Å². The molecule has 4 heterocycles. The van der Waals surface area contributed by atoms with E-state index in [0.29, 0.717) is 17.3 Å². The molecular formula is C25H28N2O5. The highest BCUT2D eigenvalue weighted by Crippen LogP contribution is 2.36. The molecule has 3 aliphatic rings. The third kappa shape index (κ3) is 4.62. The SMILES string of the molecule is CC(=O)O.COc1ccccc1-c1cccc2cc(C(=O)N[C@H]3CN4CCC3CC4)oc12. The Balaban J connectivity index is 0.000000567. The molecule has 2 N–H and O–H groups in total. The molecular weight excluding hydrogens is 408 g/mol. The molecule has 0 spiro atoms. The Labute approximate surface area is 187 Å². The highest BCUT2D eigenvalue weighted by Gasteiger charge is 2.35. The molecule has 7 nitrogen and oxygen atoms in total. The van der Waals surface area contributed by atoms with Gasteiger partial charge < -0.3 is 24.5 Å². The number of methoxy groups -OCH3 is 1. The Bertz CT molecular complexity index is 1110. The number of rotatable bonds is 4. The minimum Gasteiger partial charge on any atom is -0.496 e. The second-order valence-corrected chi connectivity index (χ2v) is 8.27. The van der Waals surface area contributed by atoms with Gasteiger partial charge in [0.25, 0.3) is 11.9 Å². The molecule has 0 unspecified atom stereocenters. The van der Waals surface area contributed by atoms with Gasteiger partial charge in [-0.1, -0.05) is 36.4 Å². The molecule has 0 radical (unpaired) electrons. The van der Waals surface area contributed by atoms with Crippen LogP contribution >= 0.6 is 0 Å². The number of nitrogens with one attached hydrogen (secondary N) is 1. The van der Waals surface area contributed by atoms with Crippen LogP contribution in [-0.4, -0.2) is 54.7 Å². The van der Waals surface area contributed by atoms with Crippen molar-refractivity contribution in [3.8, 4) is 16.9 Å². The quantitative estimate of drug-likeness (QED) is 0.642. The fraction of sp³-hybridized carbons (Fsp3) is 0.360. The molecule has 2 aromatic carbocycles. The minimum absolute atomic E-state index is 0.124. The molecule has 1 atom stereocenters. The maximum Gasteiger partial charge on any atom is 0.300 e. The van der Waals surface area contributed by atoms with E-state index < -0.39 is 5.97 Å². The van der Waals surface area contributed by atoms with Crippen molar-refractivity contribution in [2.24, 2.45) is 5.92 Å². The smallest absolute Gasteiger partial charge is 0.300 e. The summed E-state index contributed by atoms with van der Waals surface area (Å²) in [5.41, 5.74) is 2.59. The van der Waals surface area contributed by atoms with Crippen LogP contribution in [0.2, 0.25) is 0 Å². The third-order valence-electron chi connectivity index (χ3n) is 6.14. The van der Waals surface area contributed by atoms with Gasteiger partial charge in [0.05, 0.1) is 7.11 Å². The predicted octanol–water partition coefficient (Wildman–Crippen LogP) is 4.02. The summed E-state index contributed by atoms with van der Waals surface area (Å²) < 4.78 is 11.6. The van der Waals surface area contributed by atoms with Crippen LogP contribution in [-0.2, 0) is 4.79 Å². The van der Waals surface area contributed by atoms with Crippen molar-refractivity contribution in [2.75, 3.05) is 26.7 Å². The summed E-state index contributed by atoms with van der Waals surface area (Å²) in [6, 6.07) is 15.9. The third-order valence-corrected chi connectivity index (χ3v) is 6.14. The molecule has 6 rings (SSSR count). The molecule has 3 aromatic rings. The summed E-state index contributed by atoms with van der Waals surface area (Å²) in [6.45, 7) is 4.34. The lowest BCUT2D eigenvalue weighted by molar-refractivity contribution is -0.134. The van der Waals surface area contributed by atoms with Crippen molar-refractivity contribution < 1.29 is 23.8 Å². The highest BCUT2D eigenvalue weighted by atomic mass is 16.5. The van der Waals surface area contributed by atoms with Crippen molar-refractivity contribution in [3.63, 3.8) is 0 Å². The van der Waals surface area contributed by atoms with Gasteiger partial charge in [-0.25, -0.2) is 0 Å². The predicted molar refractivity (Wildman–Crippen MR) is 122 cm³/mol. The van der Waals surface area contributed by atoms with Crippen molar-refractivity contribution >= 4 is 22.8 Å². The number of hydrogen-bond acceptors (Lipinski definition) is 5. The summed E-state index contributed by atoms with van der Waals surface area (Å²) >= 11 is 0. The van der Waals surface area contributed by atoms with Crippen molar-refractivity contribution in [1.29, 1.82) is 0 Å². The van der Waals surface area contributed by atoms with E-state index in [0.717, 1.165) is 48.8 Å². The van der Waals surface area contributed by atoms with Gasteiger partial charge in [-0.05, 0) is 44.0 Å². The standard InChI is InChI=1S/C23H24N2O3.C2H4O2/c1-27-20-8-3-2-6-17(20)18-7-4-5-16-13-21(28-22(16)18)23(26)24-19-14-25-11-9-15(19)10-12-25;1-2(3)4/h2-8,13,15,19H,9-12,14H2,1H3,(H,24,26);1H3,(H,3,4)/t19-;/m0./s1. The largest absolute Gasteiger partial charge is 0.496 e. The zero-order valence-electron chi connectivity index (χ0n) is 18.3. The fourth-order valence-electron chi connectivity index (χ4n) is 4.62. The summed E-state index contributed by atoms with van der Waals surface area (Å²) in [6.07, 6.45) is 2.34. The van der Waals surface area contributed by atoms with Crippen molar-refractivity contribution in [3.05, 3.63) is 54.3 Å². The zero-order valence-corrected chi connectivity index (χ0v) is 18.3. The first-order chi connectivity index (χ1) is 15.5. The van der Waals surface area contributed by atoms with E-state index in [9.17, 15) is 4.79 Å². The monoisotopic (exact) mass is 436 g/mol. The number of piperidine rings is 3. The molecule has 3 saturated heterocycles. The number of ether oxygens (including phenoxy) is 1. The Kier molecular flexibility index (Phi) is 6.46. The molecule has 168 valence electrons. The first kappa shape index (κ1) is 21.9. The molecule has 2 bridgehead atoms. The molecule has 32 heavy (non-hydrogen) atoms. The zero-order chi connectivity index (χ0) is 22.7. The summed E-state index contributed by atoms with van der Waals surface area (Å²) in [5, 5.41) is 11.5. The number of carbonyl (C=O) groups is 2. The van der Waals surface area contributed by atoms with Crippen molar-refractivity contribution in [2.45, 2.75) is 25.8 Å². The normalized spacial score (nSPS) is 21.5. The Hall–Kier alpha value is -3.32.